The number of piperidine rings is 1. The first kappa shape index (κ1) is 12.5. The Morgan fingerprint density at radius 2 is 2.07 bits per heavy atom. The number of carbonyl (C=O) groups is 1. The van der Waals surface area contributed by atoms with Crippen LogP contribution in [0.2, 0.25) is 0 Å². The fourth-order valence-electron chi connectivity index (χ4n) is 2.09. The minimum Gasteiger partial charge on any atom is -0.345 e. The van der Waals surface area contributed by atoms with Crippen LogP contribution in [0.5, 0.6) is 0 Å². The molecular weight excluding hydrogens is 188 g/mol. The summed E-state index contributed by atoms with van der Waals surface area (Å²) in [6.45, 7) is 7.24. The summed E-state index contributed by atoms with van der Waals surface area (Å²) >= 11 is 0. The Hall–Kier alpha value is -0.570. The molecule has 15 heavy (non-hydrogen) atoms. The zero-order valence-corrected chi connectivity index (χ0v) is 10.3. The predicted octanol–water partition coefficient (Wildman–Crippen LogP) is 1.49. The van der Waals surface area contributed by atoms with Crippen LogP contribution in [0, 0.1) is 11.8 Å². The van der Waals surface area contributed by atoms with Crippen molar-refractivity contribution in [3.05, 3.63) is 0 Å². The van der Waals surface area contributed by atoms with Gasteiger partial charge in [-0.05, 0) is 38.3 Å². The molecule has 1 saturated heterocycles. The average Bonchev–Trinajstić information content (AvgIpc) is 2.28. The largest absolute Gasteiger partial charge is 0.345 e. The van der Waals surface area contributed by atoms with Gasteiger partial charge in [-0.25, -0.2) is 0 Å². The molecule has 1 aliphatic heterocycles. The van der Waals surface area contributed by atoms with Gasteiger partial charge in [0.05, 0.1) is 0 Å². The SMILES string of the molecule is CCC(C)C(=O)N(C)CC1CCNCC1. The maximum atomic E-state index is 11.9. The number of nitrogens with zero attached hydrogens (tertiary/aromatic N) is 1. The first-order valence-electron chi connectivity index (χ1n) is 6.10. The van der Waals surface area contributed by atoms with Crippen LogP contribution in [0.25, 0.3) is 0 Å². The van der Waals surface area contributed by atoms with E-state index in [1.54, 1.807) is 0 Å². The molecule has 0 aromatic rings. The van der Waals surface area contributed by atoms with E-state index in [0.717, 1.165) is 26.1 Å². The van der Waals surface area contributed by atoms with Crippen molar-refractivity contribution < 1.29 is 4.79 Å². The van der Waals surface area contributed by atoms with Crippen LogP contribution in [0.1, 0.15) is 33.1 Å². The molecule has 1 heterocycles. The first-order chi connectivity index (χ1) is 7.15. The van der Waals surface area contributed by atoms with Gasteiger partial charge in [-0.3, -0.25) is 4.79 Å². The fourth-order valence-corrected chi connectivity index (χ4v) is 2.09. The molecule has 1 fully saturated rings. The molecule has 0 saturated carbocycles. The summed E-state index contributed by atoms with van der Waals surface area (Å²) in [5.74, 6) is 1.18. The number of rotatable bonds is 4. The molecular formula is C12H24N2O. The van der Waals surface area contributed by atoms with Gasteiger partial charge in [0.2, 0.25) is 5.91 Å². The van der Waals surface area contributed by atoms with Gasteiger partial charge in [0.15, 0.2) is 0 Å². The lowest BCUT2D eigenvalue weighted by atomic mass is 9.97. The van der Waals surface area contributed by atoms with Gasteiger partial charge in [-0.15, -0.1) is 0 Å². The lowest BCUT2D eigenvalue weighted by Gasteiger charge is -2.28. The number of hydrogen-bond acceptors (Lipinski definition) is 2. The number of carbonyl (C=O) groups excluding carboxylic acids is 1. The highest BCUT2D eigenvalue weighted by atomic mass is 16.2. The molecule has 3 nitrogen and oxygen atoms in total. The topological polar surface area (TPSA) is 32.3 Å². The number of nitrogens with one attached hydrogen (secondary N) is 1. The van der Waals surface area contributed by atoms with Gasteiger partial charge < -0.3 is 10.2 Å². The maximum absolute atomic E-state index is 11.9. The molecule has 1 amide bonds. The molecule has 0 radical (unpaired) electrons. The van der Waals surface area contributed by atoms with Crippen LogP contribution >= 0.6 is 0 Å². The van der Waals surface area contributed by atoms with Crippen LogP contribution in [-0.4, -0.2) is 37.5 Å². The van der Waals surface area contributed by atoms with Crippen molar-refractivity contribution in [1.29, 1.82) is 0 Å². The highest BCUT2D eigenvalue weighted by Crippen LogP contribution is 2.14. The molecule has 1 unspecified atom stereocenters. The third-order valence-corrected chi connectivity index (χ3v) is 3.40. The Morgan fingerprint density at radius 1 is 1.47 bits per heavy atom. The molecule has 0 bridgehead atoms. The van der Waals surface area contributed by atoms with E-state index in [0.29, 0.717) is 11.8 Å². The zero-order chi connectivity index (χ0) is 11.3. The molecule has 0 spiro atoms. The summed E-state index contributed by atoms with van der Waals surface area (Å²) in [6.07, 6.45) is 3.35. The van der Waals surface area contributed by atoms with Gasteiger partial charge in [0.1, 0.15) is 0 Å². The third kappa shape index (κ3) is 3.82. The van der Waals surface area contributed by atoms with Crippen molar-refractivity contribution in [2.24, 2.45) is 11.8 Å². The van der Waals surface area contributed by atoms with E-state index in [4.69, 9.17) is 0 Å². The van der Waals surface area contributed by atoms with Crippen LogP contribution < -0.4 is 5.32 Å². The highest BCUT2D eigenvalue weighted by Gasteiger charge is 2.20. The quantitative estimate of drug-likeness (QED) is 0.766. The highest BCUT2D eigenvalue weighted by molar-refractivity contribution is 5.78. The minimum absolute atomic E-state index is 0.178. The Kier molecular flexibility index (Phi) is 5.09. The summed E-state index contributed by atoms with van der Waals surface area (Å²) in [6, 6.07) is 0. The van der Waals surface area contributed by atoms with E-state index in [1.165, 1.54) is 12.8 Å². The van der Waals surface area contributed by atoms with E-state index in [1.807, 2.05) is 18.9 Å². The van der Waals surface area contributed by atoms with Crippen LogP contribution in [0.15, 0.2) is 0 Å². The zero-order valence-electron chi connectivity index (χ0n) is 10.3. The average molecular weight is 212 g/mol. The van der Waals surface area contributed by atoms with Gasteiger partial charge >= 0.3 is 0 Å². The lowest BCUT2D eigenvalue weighted by Crippen LogP contribution is -2.39. The van der Waals surface area contributed by atoms with Gasteiger partial charge in [0, 0.05) is 19.5 Å². The molecule has 1 N–H and O–H groups in total. The van der Waals surface area contributed by atoms with Crippen LogP contribution in [-0.2, 0) is 4.79 Å². The first-order valence-corrected chi connectivity index (χ1v) is 6.10. The van der Waals surface area contributed by atoms with E-state index < -0.39 is 0 Å². The summed E-state index contributed by atoms with van der Waals surface area (Å²) < 4.78 is 0. The normalized spacial score (nSPS) is 19.9. The van der Waals surface area contributed by atoms with Crippen molar-refractivity contribution in [2.75, 3.05) is 26.7 Å². The van der Waals surface area contributed by atoms with E-state index in [9.17, 15) is 4.79 Å². The maximum Gasteiger partial charge on any atom is 0.225 e. The Bertz CT molecular complexity index is 200. The Balaban J connectivity index is 2.33. The summed E-state index contributed by atoms with van der Waals surface area (Å²) in [7, 11) is 1.94. The second-order valence-corrected chi connectivity index (χ2v) is 4.72. The molecule has 0 aliphatic carbocycles. The Morgan fingerprint density at radius 3 is 2.60 bits per heavy atom. The van der Waals surface area contributed by atoms with Gasteiger partial charge in [-0.1, -0.05) is 13.8 Å². The second kappa shape index (κ2) is 6.11. The van der Waals surface area contributed by atoms with Crippen molar-refractivity contribution in [1.82, 2.24) is 10.2 Å². The molecule has 1 atom stereocenters. The minimum atomic E-state index is 0.178. The molecule has 3 heteroatoms. The van der Waals surface area contributed by atoms with Gasteiger partial charge in [0.25, 0.3) is 0 Å². The Labute approximate surface area is 93.2 Å². The van der Waals surface area contributed by atoms with E-state index in [2.05, 4.69) is 12.2 Å². The monoisotopic (exact) mass is 212 g/mol. The number of amides is 1. The van der Waals surface area contributed by atoms with E-state index >= 15 is 0 Å². The van der Waals surface area contributed by atoms with Gasteiger partial charge in [-0.2, -0.15) is 0 Å². The molecule has 1 aliphatic rings. The van der Waals surface area contributed by atoms with Crippen molar-refractivity contribution in [3.63, 3.8) is 0 Å². The fraction of sp³-hybridized carbons (Fsp3) is 0.917. The second-order valence-electron chi connectivity index (χ2n) is 4.72. The van der Waals surface area contributed by atoms with Crippen LogP contribution in [0.4, 0.5) is 0 Å². The van der Waals surface area contributed by atoms with Crippen molar-refractivity contribution in [2.45, 2.75) is 33.1 Å². The standard InChI is InChI=1S/C12H24N2O/c1-4-10(2)12(15)14(3)9-11-5-7-13-8-6-11/h10-11,13H,4-9H2,1-3H3. The van der Waals surface area contributed by atoms with Crippen LogP contribution in [0.3, 0.4) is 0 Å². The smallest absolute Gasteiger partial charge is 0.225 e. The van der Waals surface area contributed by atoms with Crippen molar-refractivity contribution in [3.8, 4) is 0 Å². The van der Waals surface area contributed by atoms with Crippen molar-refractivity contribution >= 4 is 5.91 Å². The predicted molar refractivity (Wildman–Crippen MR) is 62.7 cm³/mol. The lowest BCUT2D eigenvalue weighted by molar-refractivity contribution is -0.134. The summed E-state index contributed by atoms with van der Waals surface area (Å²) in [4.78, 5) is 13.8. The third-order valence-electron chi connectivity index (χ3n) is 3.40. The summed E-state index contributed by atoms with van der Waals surface area (Å²) in [5.41, 5.74) is 0. The molecule has 0 aromatic heterocycles. The molecule has 88 valence electrons. The molecule has 1 rings (SSSR count). The molecule has 0 aromatic carbocycles. The number of hydrogen-bond donors (Lipinski definition) is 1. The van der Waals surface area contributed by atoms with E-state index in [-0.39, 0.29) is 5.92 Å². The summed E-state index contributed by atoms with van der Waals surface area (Å²) in [5, 5.41) is 3.35.